The van der Waals surface area contributed by atoms with E-state index in [1.807, 2.05) is 5.32 Å². The van der Waals surface area contributed by atoms with Gasteiger partial charge < -0.3 is 10.6 Å². The smallest absolute Gasteiger partial charge is 0.269 e. The molecule has 0 bridgehead atoms. The highest BCUT2D eigenvalue weighted by molar-refractivity contribution is 5.48. The van der Waals surface area contributed by atoms with Crippen molar-refractivity contribution in [3.8, 4) is 12.3 Å². The summed E-state index contributed by atoms with van der Waals surface area (Å²) in [4.78, 5) is 9.99. The van der Waals surface area contributed by atoms with Crippen LogP contribution in [-0.4, -0.2) is 24.6 Å². The minimum absolute atomic E-state index is 0.101. The van der Waals surface area contributed by atoms with Crippen molar-refractivity contribution in [3.05, 3.63) is 34.4 Å². The summed E-state index contributed by atoms with van der Waals surface area (Å²) in [5, 5.41) is 15.6. The monoisotopic (exact) mass is 220 g/mol. The van der Waals surface area contributed by atoms with Gasteiger partial charge in [0.2, 0.25) is 0 Å². The molecule has 0 aliphatic heterocycles. The fourth-order valence-electron chi connectivity index (χ4n) is 1.20. The fourth-order valence-corrected chi connectivity index (χ4v) is 1.20. The number of nitrogens with zero attached hydrogens (tertiary/aromatic N) is 1. The molecule has 84 valence electrons. The zero-order valence-corrected chi connectivity index (χ0v) is 8.85. The van der Waals surface area contributed by atoms with E-state index in [0.717, 1.165) is 18.8 Å². The van der Waals surface area contributed by atoms with Crippen LogP contribution in [0.2, 0.25) is 0 Å². The van der Waals surface area contributed by atoms with E-state index in [-0.39, 0.29) is 5.69 Å². The number of rotatable bonds is 6. The van der Waals surface area contributed by atoms with Crippen molar-refractivity contribution in [1.82, 2.24) is 0 Å². The lowest BCUT2D eigenvalue weighted by Gasteiger charge is -2.04. The van der Waals surface area contributed by atoms with Crippen molar-refractivity contribution in [2.75, 3.05) is 25.0 Å². The first-order valence-corrected chi connectivity index (χ1v) is 4.97. The van der Waals surface area contributed by atoms with Gasteiger partial charge in [0.25, 0.3) is 5.69 Å². The molecule has 0 saturated heterocycles. The third kappa shape index (κ3) is 3.98. The number of terminal acetylenes is 1. The molecule has 0 aliphatic carbocycles. The Morgan fingerprint density at radius 1 is 1.44 bits per heavy atom. The molecule has 16 heavy (non-hydrogen) atoms. The molecular formula is C11H14N3O2+. The summed E-state index contributed by atoms with van der Waals surface area (Å²) < 4.78 is 0. The van der Waals surface area contributed by atoms with Gasteiger partial charge in [-0.1, -0.05) is 0 Å². The molecule has 0 aliphatic rings. The van der Waals surface area contributed by atoms with Gasteiger partial charge in [0.05, 0.1) is 18.0 Å². The van der Waals surface area contributed by atoms with E-state index in [9.17, 15) is 10.1 Å². The van der Waals surface area contributed by atoms with Crippen LogP contribution in [0.15, 0.2) is 24.3 Å². The van der Waals surface area contributed by atoms with Crippen LogP contribution >= 0.6 is 0 Å². The molecule has 3 N–H and O–H groups in total. The second-order valence-electron chi connectivity index (χ2n) is 3.22. The van der Waals surface area contributed by atoms with Crippen molar-refractivity contribution in [3.63, 3.8) is 0 Å². The van der Waals surface area contributed by atoms with Crippen molar-refractivity contribution in [1.29, 1.82) is 0 Å². The molecule has 0 aromatic heterocycles. The van der Waals surface area contributed by atoms with Crippen LogP contribution in [0.25, 0.3) is 0 Å². The topological polar surface area (TPSA) is 71.8 Å². The lowest BCUT2D eigenvalue weighted by atomic mass is 10.3. The summed E-state index contributed by atoms with van der Waals surface area (Å²) in [6, 6.07) is 6.35. The van der Waals surface area contributed by atoms with Crippen LogP contribution in [0.5, 0.6) is 0 Å². The Bertz CT molecular complexity index is 381. The van der Waals surface area contributed by atoms with Gasteiger partial charge in [-0.25, -0.2) is 0 Å². The Kier molecular flexibility index (Phi) is 4.83. The average Bonchev–Trinajstić information content (AvgIpc) is 2.29. The normalized spacial score (nSPS) is 9.44. The quantitative estimate of drug-likeness (QED) is 0.311. The molecule has 0 fully saturated rings. The maximum absolute atomic E-state index is 10.4. The first-order valence-electron chi connectivity index (χ1n) is 4.97. The van der Waals surface area contributed by atoms with Crippen molar-refractivity contribution >= 4 is 11.4 Å². The van der Waals surface area contributed by atoms with Crippen molar-refractivity contribution in [2.45, 2.75) is 0 Å². The predicted octanol–water partition coefficient (Wildman–Crippen LogP) is 0.203. The molecule has 1 aromatic rings. The third-order valence-electron chi connectivity index (χ3n) is 2.02. The number of benzene rings is 1. The summed E-state index contributed by atoms with van der Waals surface area (Å²) in [7, 11) is 0. The Morgan fingerprint density at radius 3 is 2.69 bits per heavy atom. The van der Waals surface area contributed by atoms with Crippen LogP contribution in [0.4, 0.5) is 11.4 Å². The van der Waals surface area contributed by atoms with Gasteiger partial charge >= 0.3 is 0 Å². The van der Waals surface area contributed by atoms with Crippen molar-refractivity contribution in [2.24, 2.45) is 0 Å². The third-order valence-corrected chi connectivity index (χ3v) is 2.02. The molecule has 0 unspecified atom stereocenters. The number of hydrogen-bond acceptors (Lipinski definition) is 3. The molecule has 0 atom stereocenters. The predicted molar refractivity (Wildman–Crippen MR) is 62.1 cm³/mol. The van der Waals surface area contributed by atoms with Crippen LogP contribution in [0.1, 0.15) is 0 Å². The van der Waals surface area contributed by atoms with Gasteiger partial charge in [0.1, 0.15) is 6.54 Å². The Balaban J connectivity index is 2.33. The Hall–Kier alpha value is -2.06. The second-order valence-corrected chi connectivity index (χ2v) is 3.22. The number of nitro benzene ring substituents is 1. The van der Waals surface area contributed by atoms with E-state index in [4.69, 9.17) is 6.42 Å². The average molecular weight is 220 g/mol. The van der Waals surface area contributed by atoms with Gasteiger partial charge in [0, 0.05) is 17.8 Å². The summed E-state index contributed by atoms with van der Waals surface area (Å²) in [5.41, 5.74) is 0.976. The molecule has 0 heterocycles. The number of anilines is 1. The van der Waals surface area contributed by atoms with Gasteiger partial charge in [-0.3, -0.25) is 10.1 Å². The highest BCUT2D eigenvalue weighted by Crippen LogP contribution is 2.14. The van der Waals surface area contributed by atoms with Gasteiger partial charge in [-0.15, -0.1) is 6.42 Å². The molecule has 0 saturated carbocycles. The van der Waals surface area contributed by atoms with E-state index in [1.165, 1.54) is 12.1 Å². The standard InChI is InChI=1S/C11H13N3O2/c1-2-7-12-8-9-13-10-3-5-11(6-4-10)14(15)16/h1,3-6,12-13H,7-9H2/p+1. The number of nitrogens with one attached hydrogen (secondary N) is 1. The molecule has 1 rings (SSSR count). The molecule has 0 amide bonds. The van der Waals surface area contributed by atoms with Crippen LogP contribution in [0, 0.1) is 22.5 Å². The van der Waals surface area contributed by atoms with Gasteiger partial charge in [-0.05, 0) is 18.1 Å². The highest BCUT2D eigenvalue weighted by Gasteiger charge is 2.03. The van der Waals surface area contributed by atoms with Crippen LogP contribution in [-0.2, 0) is 0 Å². The van der Waals surface area contributed by atoms with Crippen molar-refractivity contribution < 1.29 is 10.2 Å². The first kappa shape index (κ1) is 12.0. The first-order chi connectivity index (χ1) is 7.74. The molecule has 5 heteroatoms. The molecular weight excluding hydrogens is 206 g/mol. The summed E-state index contributed by atoms with van der Waals surface area (Å²) in [5.74, 6) is 2.53. The van der Waals surface area contributed by atoms with E-state index in [0.29, 0.717) is 6.54 Å². The summed E-state index contributed by atoms with van der Waals surface area (Å²) in [6.45, 7) is 2.32. The molecule has 0 radical (unpaired) electrons. The van der Waals surface area contributed by atoms with E-state index in [2.05, 4.69) is 11.2 Å². The van der Waals surface area contributed by atoms with Crippen LogP contribution in [0.3, 0.4) is 0 Å². The van der Waals surface area contributed by atoms with Gasteiger partial charge in [0.15, 0.2) is 0 Å². The number of hydrogen-bond donors (Lipinski definition) is 2. The minimum atomic E-state index is -0.412. The number of nitro groups is 1. The lowest BCUT2D eigenvalue weighted by molar-refractivity contribution is -0.641. The largest absolute Gasteiger partial charge is 0.379 e. The molecule has 1 aromatic carbocycles. The Morgan fingerprint density at radius 2 is 2.12 bits per heavy atom. The maximum Gasteiger partial charge on any atom is 0.269 e. The molecule has 0 spiro atoms. The zero-order chi connectivity index (χ0) is 11.8. The Labute approximate surface area is 94.0 Å². The summed E-state index contributed by atoms with van der Waals surface area (Å²) >= 11 is 0. The highest BCUT2D eigenvalue weighted by atomic mass is 16.6. The second kappa shape index (κ2) is 6.43. The molecule has 5 nitrogen and oxygen atoms in total. The van der Waals surface area contributed by atoms with E-state index in [1.54, 1.807) is 12.1 Å². The number of quaternary nitrogens is 1. The fraction of sp³-hybridized carbons (Fsp3) is 0.273. The van der Waals surface area contributed by atoms with Gasteiger partial charge in [-0.2, -0.15) is 0 Å². The number of non-ortho nitro benzene ring substituents is 1. The zero-order valence-electron chi connectivity index (χ0n) is 8.85. The van der Waals surface area contributed by atoms with E-state index < -0.39 is 4.92 Å². The SMILES string of the molecule is C#CC[NH2+]CCNc1ccc([N+](=O)[O-])cc1. The van der Waals surface area contributed by atoms with E-state index >= 15 is 0 Å². The number of nitrogens with two attached hydrogens (primary N) is 1. The minimum Gasteiger partial charge on any atom is -0.379 e. The maximum atomic E-state index is 10.4. The lowest BCUT2D eigenvalue weighted by Crippen LogP contribution is -2.85. The summed E-state index contributed by atoms with van der Waals surface area (Å²) in [6.07, 6.45) is 5.10. The van der Waals surface area contributed by atoms with Crippen LogP contribution < -0.4 is 10.6 Å².